The first-order valence-electron chi connectivity index (χ1n) is 6.84. The average molecular weight is 281 g/mol. The standard InChI is InChI=1S/C14H21ClN4/c1-3-19(4-2)9-5-8-16-14-12-10-11(15)6-7-13(12)17-18-14/h6-7,10H,3-5,8-9H2,1-2H3,(H2,16,17,18). The van der Waals surface area contributed by atoms with E-state index in [1.54, 1.807) is 0 Å². The largest absolute Gasteiger partial charge is 0.368 e. The summed E-state index contributed by atoms with van der Waals surface area (Å²) in [6.07, 6.45) is 1.11. The van der Waals surface area contributed by atoms with Gasteiger partial charge >= 0.3 is 0 Å². The van der Waals surface area contributed by atoms with Crippen molar-refractivity contribution in [2.75, 3.05) is 31.5 Å². The van der Waals surface area contributed by atoms with Crippen molar-refractivity contribution in [2.45, 2.75) is 20.3 Å². The van der Waals surface area contributed by atoms with E-state index >= 15 is 0 Å². The van der Waals surface area contributed by atoms with Crippen LogP contribution in [0, 0.1) is 0 Å². The van der Waals surface area contributed by atoms with E-state index in [-0.39, 0.29) is 0 Å². The number of nitrogens with one attached hydrogen (secondary N) is 2. The highest BCUT2D eigenvalue weighted by Crippen LogP contribution is 2.23. The van der Waals surface area contributed by atoms with Gasteiger partial charge in [0.25, 0.3) is 0 Å². The second kappa shape index (κ2) is 6.78. The quantitative estimate of drug-likeness (QED) is 0.765. The molecule has 0 spiro atoms. The summed E-state index contributed by atoms with van der Waals surface area (Å²) >= 11 is 6.01. The van der Waals surface area contributed by atoms with E-state index in [9.17, 15) is 0 Å². The van der Waals surface area contributed by atoms with Gasteiger partial charge in [0.2, 0.25) is 0 Å². The molecule has 5 heteroatoms. The third kappa shape index (κ3) is 3.61. The molecule has 104 valence electrons. The maximum Gasteiger partial charge on any atom is 0.155 e. The molecule has 0 bridgehead atoms. The lowest BCUT2D eigenvalue weighted by atomic mass is 10.2. The average Bonchev–Trinajstić information content (AvgIpc) is 2.81. The van der Waals surface area contributed by atoms with Crippen molar-refractivity contribution in [3.8, 4) is 0 Å². The van der Waals surface area contributed by atoms with Gasteiger partial charge in [-0.25, -0.2) is 0 Å². The summed E-state index contributed by atoms with van der Waals surface area (Å²) in [4.78, 5) is 2.42. The number of nitrogens with zero attached hydrogens (tertiary/aromatic N) is 2. The summed E-state index contributed by atoms with van der Waals surface area (Å²) in [7, 11) is 0. The van der Waals surface area contributed by atoms with Crippen molar-refractivity contribution in [1.82, 2.24) is 15.1 Å². The van der Waals surface area contributed by atoms with Crippen molar-refractivity contribution in [3.05, 3.63) is 23.2 Å². The molecule has 2 rings (SSSR count). The zero-order valence-electron chi connectivity index (χ0n) is 11.5. The number of anilines is 1. The zero-order chi connectivity index (χ0) is 13.7. The third-order valence-corrected chi connectivity index (χ3v) is 3.60. The normalized spacial score (nSPS) is 11.4. The Morgan fingerprint density at radius 3 is 2.84 bits per heavy atom. The molecule has 0 saturated carbocycles. The predicted octanol–water partition coefficient (Wildman–Crippen LogP) is 3.36. The van der Waals surface area contributed by atoms with Crippen molar-refractivity contribution in [2.24, 2.45) is 0 Å². The Kier molecular flexibility index (Phi) is 5.05. The van der Waals surface area contributed by atoms with E-state index in [0.29, 0.717) is 0 Å². The fraction of sp³-hybridized carbons (Fsp3) is 0.500. The van der Waals surface area contributed by atoms with Gasteiger partial charge in [0, 0.05) is 17.0 Å². The molecule has 0 radical (unpaired) electrons. The van der Waals surface area contributed by atoms with Crippen LogP contribution >= 0.6 is 11.6 Å². The molecule has 0 saturated heterocycles. The zero-order valence-corrected chi connectivity index (χ0v) is 12.3. The van der Waals surface area contributed by atoms with Crippen molar-refractivity contribution in [1.29, 1.82) is 0 Å². The molecule has 0 aliphatic carbocycles. The molecule has 2 N–H and O–H groups in total. The van der Waals surface area contributed by atoms with Crippen LogP contribution in [0.15, 0.2) is 18.2 Å². The lowest BCUT2D eigenvalue weighted by Gasteiger charge is -2.17. The minimum Gasteiger partial charge on any atom is -0.368 e. The van der Waals surface area contributed by atoms with Gasteiger partial charge < -0.3 is 10.2 Å². The predicted molar refractivity (Wildman–Crippen MR) is 82.0 cm³/mol. The van der Waals surface area contributed by atoms with Gasteiger partial charge in [-0.05, 0) is 44.3 Å². The lowest BCUT2D eigenvalue weighted by Crippen LogP contribution is -2.25. The summed E-state index contributed by atoms with van der Waals surface area (Å²) in [5, 5.41) is 12.4. The number of aromatic amines is 1. The van der Waals surface area contributed by atoms with E-state index in [2.05, 4.69) is 34.3 Å². The highest BCUT2D eigenvalue weighted by Gasteiger charge is 2.05. The molecule has 2 aromatic rings. The van der Waals surface area contributed by atoms with Crippen LogP contribution in [0.5, 0.6) is 0 Å². The summed E-state index contributed by atoms with van der Waals surface area (Å²) in [5.74, 6) is 0.886. The molecule has 1 aromatic carbocycles. The molecule has 1 aromatic heterocycles. The molecule has 0 amide bonds. The molecular formula is C14H21ClN4. The van der Waals surface area contributed by atoms with E-state index in [1.165, 1.54) is 0 Å². The van der Waals surface area contributed by atoms with E-state index in [1.807, 2.05) is 18.2 Å². The monoisotopic (exact) mass is 280 g/mol. The first kappa shape index (κ1) is 14.2. The second-order valence-corrected chi connectivity index (χ2v) is 5.01. The molecule has 4 nitrogen and oxygen atoms in total. The van der Waals surface area contributed by atoms with Crippen LogP contribution in [0.4, 0.5) is 5.82 Å². The molecule has 1 heterocycles. The van der Waals surface area contributed by atoms with Gasteiger partial charge in [-0.3, -0.25) is 5.10 Å². The summed E-state index contributed by atoms with van der Waals surface area (Å²) in [6.45, 7) is 8.64. The number of fused-ring (bicyclic) bond motifs is 1. The number of H-pyrrole nitrogens is 1. The fourth-order valence-corrected chi connectivity index (χ4v) is 2.34. The van der Waals surface area contributed by atoms with Gasteiger partial charge in [-0.1, -0.05) is 25.4 Å². The smallest absolute Gasteiger partial charge is 0.155 e. The van der Waals surface area contributed by atoms with Gasteiger partial charge in [0.1, 0.15) is 0 Å². The van der Waals surface area contributed by atoms with Crippen molar-refractivity contribution in [3.63, 3.8) is 0 Å². The summed E-state index contributed by atoms with van der Waals surface area (Å²) in [5.41, 5.74) is 1.01. The fourth-order valence-electron chi connectivity index (χ4n) is 2.17. The number of hydrogen-bond donors (Lipinski definition) is 2. The molecule has 0 unspecified atom stereocenters. The van der Waals surface area contributed by atoms with Crippen LogP contribution < -0.4 is 5.32 Å². The van der Waals surface area contributed by atoms with Crippen LogP contribution in [0.1, 0.15) is 20.3 Å². The van der Waals surface area contributed by atoms with Crippen LogP contribution in [0.25, 0.3) is 10.9 Å². The summed E-state index contributed by atoms with van der Waals surface area (Å²) in [6, 6.07) is 5.76. The molecule has 0 fully saturated rings. The topological polar surface area (TPSA) is 44.0 Å². The molecule has 0 aliphatic heterocycles. The van der Waals surface area contributed by atoms with Crippen LogP contribution in [-0.4, -0.2) is 41.3 Å². The van der Waals surface area contributed by atoms with Crippen LogP contribution in [0.2, 0.25) is 5.02 Å². The maximum absolute atomic E-state index is 6.01. The Hall–Kier alpha value is -1.26. The van der Waals surface area contributed by atoms with Gasteiger partial charge in [-0.15, -0.1) is 0 Å². The number of hydrogen-bond acceptors (Lipinski definition) is 3. The molecule has 19 heavy (non-hydrogen) atoms. The minimum absolute atomic E-state index is 0.736. The Morgan fingerprint density at radius 2 is 2.11 bits per heavy atom. The molecule has 0 atom stereocenters. The van der Waals surface area contributed by atoms with Gasteiger partial charge in [0.05, 0.1) is 5.52 Å². The van der Waals surface area contributed by atoms with E-state index in [4.69, 9.17) is 11.6 Å². The Balaban J connectivity index is 1.89. The summed E-state index contributed by atoms with van der Waals surface area (Å²) < 4.78 is 0. The lowest BCUT2D eigenvalue weighted by molar-refractivity contribution is 0.303. The van der Waals surface area contributed by atoms with Gasteiger partial charge in [-0.2, -0.15) is 5.10 Å². The maximum atomic E-state index is 6.01. The molecular weight excluding hydrogens is 260 g/mol. The first-order valence-corrected chi connectivity index (χ1v) is 7.22. The van der Waals surface area contributed by atoms with Crippen LogP contribution in [0.3, 0.4) is 0 Å². The van der Waals surface area contributed by atoms with Crippen molar-refractivity contribution >= 4 is 28.3 Å². The number of aromatic nitrogens is 2. The van der Waals surface area contributed by atoms with E-state index in [0.717, 1.165) is 54.3 Å². The van der Waals surface area contributed by atoms with Crippen LogP contribution in [-0.2, 0) is 0 Å². The van der Waals surface area contributed by atoms with Gasteiger partial charge in [0.15, 0.2) is 5.82 Å². The second-order valence-electron chi connectivity index (χ2n) is 4.57. The minimum atomic E-state index is 0.736. The van der Waals surface area contributed by atoms with Crippen molar-refractivity contribution < 1.29 is 0 Å². The van der Waals surface area contributed by atoms with E-state index < -0.39 is 0 Å². The SMILES string of the molecule is CCN(CC)CCCNc1n[nH]c2ccc(Cl)cc12. The highest BCUT2D eigenvalue weighted by atomic mass is 35.5. The highest BCUT2D eigenvalue weighted by molar-refractivity contribution is 6.31. The Morgan fingerprint density at radius 1 is 1.32 bits per heavy atom. The third-order valence-electron chi connectivity index (χ3n) is 3.36. The molecule has 0 aliphatic rings. The number of halogens is 1. The Bertz CT molecular complexity index is 519. The first-order chi connectivity index (χ1) is 9.24. The number of benzene rings is 1. The number of rotatable bonds is 7. The Labute approximate surface area is 119 Å².